The van der Waals surface area contributed by atoms with Crippen molar-refractivity contribution in [3.8, 4) is 17.1 Å². The van der Waals surface area contributed by atoms with Gasteiger partial charge >= 0.3 is 0 Å². The second-order valence-electron chi connectivity index (χ2n) is 10.9. The molecule has 2 aromatic heterocycles. The number of hydrogen-bond donors (Lipinski definition) is 3. The maximum absolute atomic E-state index is 6.29. The zero-order valence-electron chi connectivity index (χ0n) is 23.0. The normalized spacial score (nSPS) is 16.6. The van der Waals surface area contributed by atoms with Crippen LogP contribution in [0.1, 0.15) is 68.2 Å². The molecular weight excluding hydrogens is 484 g/mol. The molecule has 2 aliphatic rings. The number of nitrogens with one attached hydrogen (secondary N) is 2. The highest BCUT2D eigenvalue weighted by Gasteiger charge is 2.21. The SMILES string of the molecule is CCC(CC)N[C@H]1CCc2ccc(Nc3nc(N)n(-c4cc5c(nn4)-c4ccccc4CCC5)n3)cc2CC1. The largest absolute Gasteiger partial charge is 0.368 e. The first-order valence-electron chi connectivity index (χ1n) is 14.4. The minimum atomic E-state index is 0.283. The summed E-state index contributed by atoms with van der Waals surface area (Å²) in [6, 6.07) is 18.3. The van der Waals surface area contributed by atoms with Gasteiger partial charge in [-0.2, -0.15) is 9.67 Å². The van der Waals surface area contributed by atoms with Crippen LogP contribution in [0.25, 0.3) is 17.1 Å². The highest BCUT2D eigenvalue weighted by atomic mass is 15.4. The molecule has 2 aromatic carbocycles. The molecule has 8 nitrogen and oxygen atoms in total. The van der Waals surface area contributed by atoms with Crippen molar-refractivity contribution in [3.63, 3.8) is 0 Å². The number of nitrogens with zero attached hydrogens (tertiary/aromatic N) is 5. The Bertz CT molecular complexity index is 1450. The quantitative estimate of drug-likeness (QED) is 0.273. The Labute approximate surface area is 230 Å². The molecule has 0 saturated carbocycles. The molecule has 2 aliphatic carbocycles. The number of hydrogen-bond acceptors (Lipinski definition) is 7. The smallest absolute Gasteiger partial charge is 0.248 e. The fourth-order valence-corrected chi connectivity index (χ4v) is 6.06. The molecule has 6 rings (SSSR count). The molecule has 0 bridgehead atoms. The van der Waals surface area contributed by atoms with Crippen LogP contribution in [-0.4, -0.2) is 37.0 Å². The minimum Gasteiger partial charge on any atom is -0.368 e. The van der Waals surface area contributed by atoms with Gasteiger partial charge in [0.2, 0.25) is 11.9 Å². The van der Waals surface area contributed by atoms with Crippen LogP contribution in [0.4, 0.5) is 17.6 Å². The van der Waals surface area contributed by atoms with E-state index >= 15 is 0 Å². The number of aryl methyl sites for hydroxylation is 4. The van der Waals surface area contributed by atoms with Crippen LogP contribution in [-0.2, 0) is 25.7 Å². The molecule has 4 aromatic rings. The topological polar surface area (TPSA) is 107 Å². The maximum atomic E-state index is 6.29. The zero-order valence-corrected chi connectivity index (χ0v) is 23.0. The number of nitrogen functional groups attached to an aromatic ring is 1. The van der Waals surface area contributed by atoms with Gasteiger partial charge in [0, 0.05) is 23.3 Å². The molecule has 0 radical (unpaired) electrons. The maximum Gasteiger partial charge on any atom is 0.248 e. The van der Waals surface area contributed by atoms with Crippen molar-refractivity contribution in [1.82, 2.24) is 30.3 Å². The summed E-state index contributed by atoms with van der Waals surface area (Å²) in [4.78, 5) is 4.48. The van der Waals surface area contributed by atoms with Crippen LogP contribution in [0.5, 0.6) is 0 Å². The summed E-state index contributed by atoms with van der Waals surface area (Å²) in [5.74, 6) is 1.33. The number of nitrogens with two attached hydrogens (primary N) is 1. The summed E-state index contributed by atoms with van der Waals surface area (Å²) in [6.07, 6.45) is 9.94. The first-order valence-corrected chi connectivity index (χ1v) is 14.4. The van der Waals surface area contributed by atoms with Crippen LogP contribution in [0.2, 0.25) is 0 Å². The van der Waals surface area contributed by atoms with Crippen molar-refractivity contribution in [2.75, 3.05) is 11.1 Å². The van der Waals surface area contributed by atoms with E-state index < -0.39 is 0 Å². The summed E-state index contributed by atoms with van der Waals surface area (Å²) in [6.45, 7) is 4.54. The van der Waals surface area contributed by atoms with Crippen molar-refractivity contribution in [3.05, 3.63) is 70.8 Å². The number of aromatic nitrogens is 5. The Morgan fingerprint density at radius 1 is 0.897 bits per heavy atom. The monoisotopic (exact) mass is 522 g/mol. The van der Waals surface area contributed by atoms with Gasteiger partial charge in [-0.15, -0.1) is 15.3 Å². The third-order valence-corrected chi connectivity index (χ3v) is 8.32. The van der Waals surface area contributed by atoms with Gasteiger partial charge in [0.05, 0.1) is 5.69 Å². The molecule has 0 fully saturated rings. The first kappa shape index (κ1) is 25.5. The third kappa shape index (κ3) is 5.39. The Hall–Kier alpha value is -3.78. The zero-order chi connectivity index (χ0) is 26.8. The summed E-state index contributed by atoms with van der Waals surface area (Å²) >= 11 is 0. The second kappa shape index (κ2) is 11.1. The van der Waals surface area contributed by atoms with Gasteiger partial charge in [-0.25, -0.2) is 0 Å². The molecule has 0 spiro atoms. The summed E-state index contributed by atoms with van der Waals surface area (Å²) in [5, 5.41) is 21.0. The standard InChI is InChI=1S/C31H38N8/c1-3-24(4-2)33-25-15-12-20-13-17-26(18-22(20)14-16-25)34-31-35-30(32)39(38-31)28-19-23-10-7-9-21-8-5-6-11-27(21)29(23)37-36-28/h5-6,8,11,13,17-19,24-25,33H,3-4,7,9-10,12,14-16H2,1-2H3,(H3,32,34,35,38)/t25-/m0/s1. The molecule has 39 heavy (non-hydrogen) atoms. The summed E-state index contributed by atoms with van der Waals surface area (Å²) in [7, 11) is 0. The van der Waals surface area contributed by atoms with Gasteiger partial charge in [0.15, 0.2) is 5.82 Å². The average Bonchev–Trinajstić information content (AvgIpc) is 3.10. The lowest BCUT2D eigenvalue weighted by Gasteiger charge is -2.23. The van der Waals surface area contributed by atoms with Gasteiger partial charge in [-0.3, -0.25) is 0 Å². The van der Waals surface area contributed by atoms with Gasteiger partial charge < -0.3 is 16.4 Å². The molecule has 0 saturated heterocycles. The van der Waals surface area contributed by atoms with Crippen molar-refractivity contribution in [1.29, 1.82) is 0 Å². The van der Waals surface area contributed by atoms with Gasteiger partial charge in [-0.1, -0.05) is 44.2 Å². The van der Waals surface area contributed by atoms with E-state index in [1.54, 1.807) is 4.68 Å². The number of anilines is 3. The summed E-state index contributed by atoms with van der Waals surface area (Å²) < 4.78 is 1.57. The van der Waals surface area contributed by atoms with E-state index in [0.29, 0.717) is 23.8 Å². The van der Waals surface area contributed by atoms with E-state index in [-0.39, 0.29) is 5.95 Å². The second-order valence-corrected chi connectivity index (χ2v) is 10.9. The van der Waals surface area contributed by atoms with Crippen molar-refractivity contribution < 1.29 is 0 Å². The number of fused-ring (bicyclic) bond motifs is 4. The fourth-order valence-electron chi connectivity index (χ4n) is 6.06. The van der Waals surface area contributed by atoms with E-state index in [2.05, 4.69) is 87.2 Å². The van der Waals surface area contributed by atoms with Crippen LogP contribution >= 0.6 is 0 Å². The highest BCUT2D eigenvalue weighted by molar-refractivity contribution is 5.68. The van der Waals surface area contributed by atoms with Crippen LogP contribution in [0.15, 0.2) is 48.5 Å². The molecule has 2 heterocycles. The molecule has 0 unspecified atom stereocenters. The van der Waals surface area contributed by atoms with Crippen LogP contribution in [0, 0.1) is 0 Å². The molecule has 202 valence electrons. The lowest BCUT2D eigenvalue weighted by molar-refractivity contribution is 0.380. The Kier molecular flexibility index (Phi) is 7.28. The van der Waals surface area contributed by atoms with Gasteiger partial charge in [0.1, 0.15) is 0 Å². The molecule has 1 atom stereocenters. The Balaban J connectivity index is 1.19. The number of rotatable bonds is 7. The highest BCUT2D eigenvalue weighted by Crippen LogP contribution is 2.31. The fraction of sp³-hybridized carbons (Fsp3) is 0.419. The van der Waals surface area contributed by atoms with Crippen LogP contribution in [0.3, 0.4) is 0 Å². The van der Waals surface area contributed by atoms with Crippen LogP contribution < -0.4 is 16.4 Å². The minimum absolute atomic E-state index is 0.283. The predicted octanol–water partition coefficient (Wildman–Crippen LogP) is 5.56. The average molecular weight is 523 g/mol. The van der Waals surface area contributed by atoms with E-state index in [0.717, 1.165) is 55.5 Å². The van der Waals surface area contributed by atoms with Crippen molar-refractivity contribution >= 4 is 17.6 Å². The van der Waals surface area contributed by atoms with E-state index in [1.807, 2.05) is 6.07 Å². The summed E-state index contributed by atoms with van der Waals surface area (Å²) in [5.41, 5.74) is 14.7. The lowest BCUT2D eigenvalue weighted by Crippen LogP contribution is -2.37. The Morgan fingerprint density at radius 3 is 2.54 bits per heavy atom. The molecule has 8 heteroatoms. The molecular formula is C31H38N8. The Morgan fingerprint density at radius 2 is 1.69 bits per heavy atom. The van der Waals surface area contributed by atoms with E-state index in [4.69, 9.17) is 5.73 Å². The number of benzene rings is 2. The van der Waals surface area contributed by atoms with E-state index in [1.165, 1.54) is 41.5 Å². The molecule has 4 N–H and O–H groups in total. The van der Waals surface area contributed by atoms with Crippen molar-refractivity contribution in [2.24, 2.45) is 0 Å². The van der Waals surface area contributed by atoms with Gasteiger partial charge in [-0.05, 0) is 98.2 Å². The lowest BCUT2D eigenvalue weighted by atomic mass is 10.0. The van der Waals surface area contributed by atoms with Crippen molar-refractivity contribution in [2.45, 2.75) is 83.7 Å². The van der Waals surface area contributed by atoms with Gasteiger partial charge in [0.25, 0.3) is 0 Å². The first-order chi connectivity index (χ1) is 19.1. The third-order valence-electron chi connectivity index (χ3n) is 8.32. The molecule has 0 aliphatic heterocycles. The molecule has 0 amide bonds. The van der Waals surface area contributed by atoms with E-state index in [9.17, 15) is 0 Å². The predicted molar refractivity (Wildman–Crippen MR) is 156 cm³/mol.